The third kappa shape index (κ3) is 18.7. The van der Waals surface area contributed by atoms with Crippen LogP contribution in [-0.2, 0) is 21.1 Å². The molecule has 13 heteroatoms. The van der Waals surface area contributed by atoms with E-state index in [0.29, 0.717) is 0 Å². The fourth-order valence-corrected chi connectivity index (χ4v) is 23.7. The van der Waals surface area contributed by atoms with Crippen molar-refractivity contribution in [3.8, 4) is 89.0 Å². The van der Waals surface area contributed by atoms with E-state index >= 15 is 0 Å². The molecule has 0 radical (unpaired) electrons. The molecule has 0 unspecified atom stereocenters. The van der Waals surface area contributed by atoms with Crippen molar-refractivity contribution < 1.29 is 21.1 Å². The van der Waals surface area contributed by atoms with Gasteiger partial charge in [-0.2, -0.15) is 0 Å². The maximum atomic E-state index is 5.39. The van der Waals surface area contributed by atoms with Gasteiger partial charge >= 0.3 is 21.1 Å². The van der Waals surface area contributed by atoms with Crippen molar-refractivity contribution in [2.45, 2.75) is 48.0 Å². The summed E-state index contributed by atoms with van der Waals surface area (Å²) in [6.07, 6.45) is 28.3. The van der Waals surface area contributed by atoms with Crippen molar-refractivity contribution in [1.29, 1.82) is 0 Å². The van der Waals surface area contributed by atoms with E-state index in [0.717, 1.165) is 179 Å². The van der Waals surface area contributed by atoms with Crippen molar-refractivity contribution in [3.05, 3.63) is 443 Å². The fraction of sp³-hybridized carbons (Fsp3) is 0.0756. The van der Waals surface area contributed by atoms with Crippen LogP contribution in [0.1, 0.15) is 85.4 Å². The molecule has 0 fully saturated rings. The van der Waals surface area contributed by atoms with E-state index in [4.69, 9.17) is 19.9 Å². The van der Waals surface area contributed by atoms with Gasteiger partial charge in [0, 0.05) is 120 Å². The molecule has 22 rings (SSSR count). The van der Waals surface area contributed by atoms with Gasteiger partial charge in [0.25, 0.3) is 0 Å². The molecule has 132 heavy (non-hydrogen) atoms. The number of aromatic amines is 4. The zero-order valence-electron chi connectivity index (χ0n) is 74.4. The number of nitrogens with zero attached hydrogens (tertiary/aromatic N) is 6. The van der Waals surface area contributed by atoms with Gasteiger partial charge in [-0.1, -0.05) is 252 Å². The number of rotatable bonds is 16. The Morgan fingerprint density at radius 2 is 0.348 bits per heavy atom. The van der Waals surface area contributed by atoms with Gasteiger partial charge in [-0.05, 0) is 256 Å². The predicted octanol–water partition coefficient (Wildman–Crippen LogP) is 28.4. The number of pyridine rings is 2. The van der Waals surface area contributed by atoms with Gasteiger partial charge < -0.3 is 19.9 Å². The van der Waals surface area contributed by atoms with Gasteiger partial charge in [-0.25, -0.2) is 19.9 Å². The van der Waals surface area contributed by atoms with Crippen LogP contribution in [0.4, 0.5) is 0 Å². The monoisotopic (exact) mass is 1920 g/mol. The van der Waals surface area contributed by atoms with Crippen LogP contribution in [0, 0.1) is 41.5 Å². The molecule has 0 amide bonds. The number of nitrogens with one attached hydrogen (secondary N) is 4. The number of benzene rings is 10. The van der Waals surface area contributed by atoms with Crippen LogP contribution < -0.4 is 21.2 Å². The standard InChI is InChI=1S/2C46H35N5.C27H26P2.Pt/c2*1-28-4-10-31(11-5-28)43-35-16-18-37(48-35)44(32-12-6-29(2)7-13-32)39-20-22-41(50-39)46(34-24-26-47-27-25-34)42-23-21-40(51-42)45(38-19-17-36(43)49-38)33-14-8-30(3)9-15-33;1-5-14-24(15-6-1)28(25-16-7-2-8-17-25)22-13-23-29(26-18-9-3-10-19-26)27-20-11-4-12-21-27;/h2*4-27,48,51H,1-3H3;1-12,14-21H,13,22-23H2;/q;;;+2/p+2. The zero-order valence-corrected chi connectivity index (χ0v) is 78.7. The van der Waals surface area contributed by atoms with E-state index in [1.807, 2.05) is 49.1 Å². The van der Waals surface area contributed by atoms with Crippen molar-refractivity contribution in [2.24, 2.45) is 0 Å². The minimum absolute atomic E-state index is 0. The van der Waals surface area contributed by atoms with Crippen molar-refractivity contribution >= 4 is 130 Å². The van der Waals surface area contributed by atoms with E-state index in [2.05, 4.69) is 436 Å². The molecule has 0 aliphatic carbocycles. The number of hydrogen-bond donors (Lipinski definition) is 4. The normalized spacial score (nSPS) is 11.8. The summed E-state index contributed by atoms with van der Waals surface area (Å²) in [5.41, 5.74) is 39.2. The molecular formula is C119H98N10P2Pt+4. The second-order valence-corrected chi connectivity index (χ2v) is 39.2. The van der Waals surface area contributed by atoms with E-state index in [9.17, 15) is 0 Å². The molecule has 4 N–H and O–H groups in total. The van der Waals surface area contributed by atoms with E-state index in [-0.39, 0.29) is 21.1 Å². The van der Waals surface area contributed by atoms with Crippen LogP contribution in [0.25, 0.3) is 182 Å². The second-order valence-electron chi connectivity index (χ2n) is 33.9. The molecule has 0 spiro atoms. The van der Waals surface area contributed by atoms with Gasteiger partial charge in [-0.3, -0.25) is 9.97 Å². The predicted molar refractivity (Wildman–Crippen MR) is 560 cm³/mol. The topological polar surface area (TPSA) is 140 Å². The van der Waals surface area contributed by atoms with Gasteiger partial charge in [0.1, 0.15) is 0 Å². The van der Waals surface area contributed by atoms with Crippen LogP contribution in [0.15, 0.2) is 365 Å². The van der Waals surface area contributed by atoms with Crippen molar-refractivity contribution in [1.82, 2.24) is 49.8 Å². The summed E-state index contributed by atoms with van der Waals surface area (Å²) < 4.78 is 0. The summed E-state index contributed by atoms with van der Waals surface area (Å²) in [5.74, 6) is 0. The molecule has 0 saturated carbocycles. The molecule has 0 saturated heterocycles. The van der Waals surface area contributed by atoms with Crippen LogP contribution in [0.3, 0.4) is 0 Å². The average molecular weight is 1930 g/mol. The third-order valence-corrected chi connectivity index (χ3v) is 30.7. The minimum Gasteiger partial charge on any atom is -0.354 e. The Morgan fingerprint density at radius 1 is 0.189 bits per heavy atom. The molecule has 4 aliphatic rings. The van der Waals surface area contributed by atoms with Crippen molar-refractivity contribution in [2.75, 3.05) is 12.3 Å². The molecule has 12 heterocycles. The molecular weight excluding hydrogens is 1830 g/mol. The third-order valence-electron chi connectivity index (χ3n) is 24.8. The summed E-state index contributed by atoms with van der Waals surface area (Å²) >= 11 is 0. The van der Waals surface area contributed by atoms with Crippen LogP contribution in [0.5, 0.6) is 0 Å². The number of H-pyrrole nitrogens is 4. The summed E-state index contributed by atoms with van der Waals surface area (Å²) in [6, 6.07) is 122. The summed E-state index contributed by atoms with van der Waals surface area (Å²) in [4.78, 5) is 45.5. The van der Waals surface area contributed by atoms with Gasteiger partial charge in [-0.15, -0.1) is 0 Å². The number of fused-ring (bicyclic) bond motifs is 16. The Bertz CT molecular complexity index is 7100. The summed E-state index contributed by atoms with van der Waals surface area (Å²) in [7, 11) is -1.48. The maximum absolute atomic E-state index is 5.39. The quantitative estimate of drug-likeness (QED) is 0.0710. The first-order chi connectivity index (χ1) is 64.4. The van der Waals surface area contributed by atoms with Crippen molar-refractivity contribution in [3.63, 3.8) is 0 Å². The summed E-state index contributed by atoms with van der Waals surface area (Å²) in [5, 5.41) is 6.10. The molecule has 18 aromatic rings. The van der Waals surface area contributed by atoms with Crippen LogP contribution in [0.2, 0.25) is 0 Å². The Labute approximate surface area is 787 Å². The largest absolute Gasteiger partial charge is 2.00 e. The first-order valence-corrected chi connectivity index (χ1v) is 48.3. The first-order valence-electron chi connectivity index (χ1n) is 44.9. The second kappa shape index (κ2) is 39.3. The first kappa shape index (κ1) is 86.6. The Balaban J connectivity index is 0.000000133. The van der Waals surface area contributed by atoms with Gasteiger partial charge in [0.15, 0.2) is 0 Å². The average Bonchev–Trinajstić information content (AvgIpc) is 1.61. The van der Waals surface area contributed by atoms with E-state index < -0.39 is 15.8 Å². The molecule has 10 aromatic carbocycles. The van der Waals surface area contributed by atoms with Crippen LogP contribution in [-0.4, -0.2) is 62.2 Å². The molecule has 10 nitrogen and oxygen atoms in total. The maximum Gasteiger partial charge on any atom is 2.00 e. The molecule has 16 bridgehead atoms. The Morgan fingerprint density at radius 3 is 0.515 bits per heavy atom. The van der Waals surface area contributed by atoms with Crippen LogP contribution >= 0.6 is 15.8 Å². The van der Waals surface area contributed by atoms with E-state index in [1.165, 1.54) is 73.3 Å². The zero-order chi connectivity index (χ0) is 88.7. The fourth-order valence-electron chi connectivity index (χ4n) is 18.1. The Hall–Kier alpha value is -14.8. The number of aromatic nitrogens is 10. The molecule has 0 atom stereocenters. The smallest absolute Gasteiger partial charge is 0.354 e. The van der Waals surface area contributed by atoms with Gasteiger partial charge in [0.2, 0.25) is 0 Å². The molecule has 4 aliphatic heterocycles. The minimum atomic E-state index is -0.742. The molecule has 640 valence electrons. The Kier molecular flexibility index (Phi) is 25.8. The van der Waals surface area contributed by atoms with E-state index in [1.54, 1.807) is 0 Å². The van der Waals surface area contributed by atoms with Gasteiger partial charge in [0.05, 0.1) is 94.9 Å². The SMILES string of the molecule is Cc1ccc(-c2c3nc(c(-c4ccc(C)cc4)c4ccc([nH]4)c(-c4ccc(C)cc4)c4nc(c(-c5ccncc5)c5ccc2[nH]5)C=C4)C=C3)cc1.Cc1ccc(-c2c3nc(c(-c4ccc(C)cc4)c4ccc([nH]4)c(-c4ccc(C)cc4)c4nc(c(-c5ccncc5)c5ccc2[nH]5)C=C4)C=C3)cc1.[Pt+2].c1ccc([PH+](CCC[PH+](c2ccccc2)c2ccccc2)c2ccccc2)cc1. The summed E-state index contributed by atoms with van der Waals surface area (Å²) in [6.45, 7) is 12.7. The number of hydrogen-bond acceptors (Lipinski definition) is 6. The number of aryl methyl sites for hydroxylation is 6. The molecule has 8 aromatic heterocycles.